The highest BCUT2D eigenvalue weighted by Crippen LogP contribution is 2.30. The lowest BCUT2D eigenvalue weighted by Gasteiger charge is -2.10. The summed E-state index contributed by atoms with van der Waals surface area (Å²) in [5, 5.41) is 15.4. The van der Waals surface area contributed by atoms with E-state index in [2.05, 4.69) is 37.8 Å². The summed E-state index contributed by atoms with van der Waals surface area (Å²) in [6.07, 6.45) is -3.56. The van der Waals surface area contributed by atoms with Crippen LogP contribution in [0.15, 0.2) is 76.3 Å². The molecule has 0 bridgehead atoms. The molecule has 0 aliphatic heterocycles. The summed E-state index contributed by atoms with van der Waals surface area (Å²) in [6.45, 7) is 0.215. The molecule has 0 saturated heterocycles. The van der Waals surface area contributed by atoms with Crippen LogP contribution < -0.4 is 15.5 Å². The standard InChI is InChI=1S/C26H20BrF3N4O3/c27-22-12-17(8-9-23(22)37-16-19-5-2-1-4-18(19)14-31)15-32-34-25(36)11-10-24(35)33-21-7-3-6-20(13-21)26(28,29)30/h1-9,12-13,15H,10-11,16H2,(H,33,35)(H,34,36). The number of rotatable bonds is 9. The maximum atomic E-state index is 12.8. The molecule has 0 fully saturated rings. The number of ether oxygens (including phenoxy) is 1. The number of nitriles is 1. The van der Waals surface area contributed by atoms with E-state index in [1.165, 1.54) is 18.3 Å². The van der Waals surface area contributed by atoms with E-state index in [1.54, 1.807) is 30.3 Å². The van der Waals surface area contributed by atoms with Crippen molar-refractivity contribution in [2.75, 3.05) is 5.32 Å². The van der Waals surface area contributed by atoms with Crippen molar-refractivity contribution in [2.24, 2.45) is 5.10 Å². The number of benzene rings is 3. The Kier molecular flexibility index (Phi) is 9.40. The molecule has 0 radical (unpaired) electrons. The molecule has 3 aromatic carbocycles. The topological polar surface area (TPSA) is 104 Å². The first kappa shape index (κ1) is 27.4. The summed E-state index contributed by atoms with van der Waals surface area (Å²) < 4.78 is 44.7. The SMILES string of the molecule is N#Cc1ccccc1COc1ccc(C=NNC(=O)CCC(=O)Nc2cccc(C(F)(F)F)c2)cc1Br. The van der Waals surface area contributed by atoms with Gasteiger partial charge in [0.1, 0.15) is 12.4 Å². The van der Waals surface area contributed by atoms with Crippen molar-refractivity contribution in [3.8, 4) is 11.8 Å². The predicted octanol–water partition coefficient (Wildman–Crippen LogP) is 5.79. The number of hydrogen-bond acceptors (Lipinski definition) is 5. The van der Waals surface area contributed by atoms with Crippen LogP contribution in [0.2, 0.25) is 0 Å². The van der Waals surface area contributed by atoms with Gasteiger partial charge in [-0.05, 0) is 64.0 Å². The number of nitrogens with one attached hydrogen (secondary N) is 2. The molecule has 2 amide bonds. The van der Waals surface area contributed by atoms with Crippen molar-refractivity contribution in [3.63, 3.8) is 0 Å². The normalized spacial score (nSPS) is 11.1. The Morgan fingerprint density at radius 3 is 2.51 bits per heavy atom. The predicted molar refractivity (Wildman–Crippen MR) is 135 cm³/mol. The first-order chi connectivity index (χ1) is 17.7. The van der Waals surface area contributed by atoms with Gasteiger partial charge in [0.2, 0.25) is 11.8 Å². The van der Waals surface area contributed by atoms with Crippen LogP contribution in [0.5, 0.6) is 5.75 Å². The fourth-order valence-electron chi connectivity index (χ4n) is 3.08. The third-order valence-electron chi connectivity index (χ3n) is 4.93. The largest absolute Gasteiger partial charge is 0.488 e. The second-order valence-electron chi connectivity index (χ2n) is 7.67. The van der Waals surface area contributed by atoms with Crippen LogP contribution in [0, 0.1) is 11.3 Å². The Balaban J connectivity index is 1.45. The molecule has 190 valence electrons. The molecule has 0 aliphatic rings. The van der Waals surface area contributed by atoms with Gasteiger partial charge in [0.05, 0.1) is 27.9 Å². The molecule has 7 nitrogen and oxygen atoms in total. The zero-order valence-corrected chi connectivity index (χ0v) is 20.8. The van der Waals surface area contributed by atoms with Crippen LogP contribution in [0.1, 0.15) is 35.1 Å². The minimum absolute atomic E-state index is 0.00877. The second kappa shape index (κ2) is 12.7. The lowest BCUT2D eigenvalue weighted by molar-refractivity contribution is -0.137. The summed E-state index contributed by atoms with van der Waals surface area (Å²) in [6, 6.07) is 18.6. The van der Waals surface area contributed by atoms with Gasteiger partial charge >= 0.3 is 6.18 Å². The smallest absolute Gasteiger partial charge is 0.416 e. The maximum absolute atomic E-state index is 12.8. The van der Waals surface area contributed by atoms with E-state index in [0.717, 1.165) is 17.7 Å². The van der Waals surface area contributed by atoms with Gasteiger partial charge in [0.15, 0.2) is 0 Å². The Morgan fingerprint density at radius 2 is 1.78 bits per heavy atom. The molecular formula is C26H20BrF3N4O3. The molecule has 11 heteroatoms. The second-order valence-corrected chi connectivity index (χ2v) is 8.52. The van der Waals surface area contributed by atoms with Crippen LogP contribution in [0.25, 0.3) is 0 Å². The molecule has 3 aromatic rings. The highest BCUT2D eigenvalue weighted by molar-refractivity contribution is 9.10. The zero-order chi connectivity index (χ0) is 26.8. The molecule has 0 aromatic heterocycles. The highest BCUT2D eigenvalue weighted by atomic mass is 79.9. The Bertz CT molecular complexity index is 1350. The number of halogens is 4. The Morgan fingerprint density at radius 1 is 1.03 bits per heavy atom. The van der Waals surface area contributed by atoms with E-state index < -0.39 is 23.6 Å². The third-order valence-corrected chi connectivity index (χ3v) is 5.55. The van der Waals surface area contributed by atoms with E-state index >= 15 is 0 Å². The summed E-state index contributed by atoms with van der Waals surface area (Å²) >= 11 is 3.41. The number of carbonyl (C=O) groups is 2. The van der Waals surface area contributed by atoms with Crippen molar-refractivity contribution in [3.05, 3.63) is 93.5 Å². The molecule has 0 aliphatic carbocycles. The van der Waals surface area contributed by atoms with Gasteiger partial charge in [-0.25, -0.2) is 5.43 Å². The number of alkyl halides is 3. The molecule has 0 atom stereocenters. The van der Waals surface area contributed by atoms with Gasteiger partial charge in [-0.3, -0.25) is 9.59 Å². The average Bonchev–Trinajstić information content (AvgIpc) is 2.87. The number of amides is 2. The van der Waals surface area contributed by atoms with Gasteiger partial charge in [-0.1, -0.05) is 24.3 Å². The van der Waals surface area contributed by atoms with Crippen molar-refractivity contribution in [1.82, 2.24) is 5.43 Å². The minimum Gasteiger partial charge on any atom is -0.488 e. The van der Waals surface area contributed by atoms with Crippen LogP contribution >= 0.6 is 15.9 Å². The van der Waals surface area contributed by atoms with Gasteiger partial charge in [0, 0.05) is 24.1 Å². The number of hydrogen-bond donors (Lipinski definition) is 2. The molecule has 2 N–H and O–H groups in total. The fourth-order valence-corrected chi connectivity index (χ4v) is 3.59. The van der Waals surface area contributed by atoms with Crippen molar-refractivity contribution in [1.29, 1.82) is 5.26 Å². The van der Waals surface area contributed by atoms with Crippen molar-refractivity contribution >= 4 is 39.6 Å². The molecule has 0 saturated carbocycles. The fraction of sp³-hybridized carbons (Fsp3) is 0.154. The molecule has 3 rings (SSSR count). The summed E-state index contributed by atoms with van der Waals surface area (Å²) in [5.74, 6) is -0.582. The van der Waals surface area contributed by atoms with E-state index in [-0.39, 0.29) is 25.1 Å². The molecule has 0 heterocycles. The first-order valence-corrected chi connectivity index (χ1v) is 11.6. The van der Waals surface area contributed by atoms with Gasteiger partial charge in [-0.2, -0.15) is 23.5 Å². The summed E-state index contributed by atoms with van der Waals surface area (Å²) in [4.78, 5) is 23.9. The highest BCUT2D eigenvalue weighted by Gasteiger charge is 2.30. The van der Waals surface area contributed by atoms with Crippen molar-refractivity contribution < 1.29 is 27.5 Å². The van der Waals surface area contributed by atoms with Gasteiger partial charge in [-0.15, -0.1) is 0 Å². The maximum Gasteiger partial charge on any atom is 0.416 e. The van der Waals surface area contributed by atoms with E-state index in [0.29, 0.717) is 21.3 Å². The van der Waals surface area contributed by atoms with Crippen LogP contribution in [0.4, 0.5) is 18.9 Å². The first-order valence-electron chi connectivity index (χ1n) is 10.8. The monoisotopic (exact) mass is 572 g/mol. The summed E-state index contributed by atoms with van der Waals surface area (Å²) in [7, 11) is 0. The third kappa shape index (κ3) is 8.47. The van der Waals surface area contributed by atoms with Crippen LogP contribution in [-0.2, 0) is 22.4 Å². The molecular weight excluding hydrogens is 553 g/mol. The average molecular weight is 573 g/mol. The van der Waals surface area contributed by atoms with Gasteiger partial charge in [0.25, 0.3) is 0 Å². The minimum atomic E-state index is -4.52. The Hall–Kier alpha value is -4.17. The quantitative estimate of drug-likeness (QED) is 0.250. The number of nitrogens with zero attached hydrogens (tertiary/aromatic N) is 2. The van der Waals surface area contributed by atoms with Crippen molar-refractivity contribution in [2.45, 2.75) is 25.6 Å². The van der Waals surface area contributed by atoms with E-state index in [9.17, 15) is 22.8 Å². The van der Waals surface area contributed by atoms with Crippen LogP contribution in [0.3, 0.4) is 0 Å². The number of hydrazone groups is 1. The van der Waals surface area contributed by atoms with E-state index in [4.69, 9.17) is 10.00 Å². The molecule has 0 unspecified atom stereocenters. The lowest BCUT2D eigenvalue weighted by Crippen LogP contribution is -2.20. The van der Waals surface area contributed by atoms with Gasteiger partial charge < -0.3 is 10.1 Å². The lowest BCUT2D eigenvalue weighted by atomic mass is 10.1. The van der Waals surface area contributed by atoms with Crippen LogP contribution in [-0.4, -0.2) is 18.0 Å². The summed E-state index contributed by atoms with van der Waals surface area (Å²) in [5.41, 5.74) is 3.35. The number of anilines is 1. The van der Waals surface area contributed by atoms with E-state index in [1.807, 2.05) is 12.1 Å². The molecule has 37 heavy (non-hydrogen) atoms. The zero-order valence-electron chi connectivity index (χ0n) is 19.2. The Labute approximate surface area is 219 Å². The number of carbonyl (C=O) groups excluding carboxylic acids is 2. The molecule has 0 spiro atoms.